The molecule has 0 saturated carbocycles. The molecule has 0 radical (unpaired) electrons. The first-order valence-corrected chi connectivity index (χ1v) is 8.54. The molecule has 7 heteroatoms. The lowest BCUT2D eigenvalue weighted by molar-refractivity contribution is 0.350. The van der Waals surface area contributed by atoms with Gasteiger partial charge in [0.2, 0.25) is 0 Å². The lowest BCUT2D eigenvalue weighted by Gasteiger charge is -2.30. The standard InChI is InChI=1S/C14H27N5OS/c1-18(2)7-8-19-14(11(20-3)10-16-19)13(17-15)12-6-4-5-9-21-12/h10,12-13,17H,4-9,15H2,1-3H3. The number of ether oxygens (including phenoxy) is 1. The molecule has 1 aromatic heterocycles. The van der Waals surface area contributed by atoms with Gasteiger partial charge >= 0.3 is 0 Å². The molecular weight excluding hydrogens is 286 g/mol. The van der Waals surface area contributed by atoms with E-state index in [0.29, 0.717) is 5.25 Å². The first-order chi connectivity index (χ1) is 10.2. The predicted octanol–water partition coefficient (Wildman–Crippen LogP) is 1.24. The fourth-order valence-corrected chi connectivity index (χ4v) is 4.12. The van der Waals surface area contributed by atoms with Crippen LogP contribution < -0.4 is 16.0 Å². The van der Waals surface area contributed by atoms with Gasteiger partial charge in [-0.05, 0) is 32.7 Å². The second-order valence-corrected chi connectivity index (χ2v) is 7.02. The van der Waals surface area contributed by atoms with E-state index < -0.39 is 0 Å². The number of nitrogens with zero attached hydrogens (tertiary/aromatic N) is 3. The van der Waals surface area contributed by atoms with Gasteiger partial charge < -0.3 is 9.64 Å². The van der Waals surface area contributed by atoms with Crippen molar-refractivity contribution in [2.45, 2.75) is 37.1 Å². The van der Waals surface area contributed by atoms with Crippen molar-refractivity contribution in [3.8, 4) is 5.75 Å². The van der Waals surface area contributed by atoms with Crippen molar-refractivity contribution in [3.63, 3.8) is 0 Å². The average Bonchev–Trinajstić information content (AvgIpc) is 2.90. The van der Waals surface area contributed by atoms with Crippen molar-refractivity contribution >= 4 is 11.8 Å². The summed E-state index contributed by atoms with van der Waals surface area (Å²) in [5, 5.41) is 4.96. The SMILES string of the molecule is COc1cnn(CCN(C)C)c1C(NN)C1CCCCS1. The summed E-state index contributed by atoms with van der Waals surface area (Å²) < 4.78 is 7.53. The summed E-state index contributed by atoms with van der Waals surface area (Å²) in [5.41, 5.74) is 4.07. The van der Waals surface area contributed by atoms with E-state index in [9.17, 15) is 0 Å². The minimum atomic E-state index is 0.0786. The number of nitrogens with one attached hydrogen (secondary N) is 1. The van der Waals surface area contributed by atoms with E-state index in [4.69, 9.17) is 10.6 Å². The number of thioether (sulfide) groups is 1. The van der Waals surface area contributed by atoms with Gasteiger partial charge in [-0.1, -0.05) is 6.42 Å². The number of aromatic nitrogens is 2. The fourth-order valence-electron chi connectivity index (χ4n) is 2.71. The van der Waals surface area contributed by atoms with Gasteiger partial charge in [0, 0.05) is 11.8 Å². The average molecular weight is 313 g/mol. The molecule has 0 aromatic carbocycles. The predicted molar refractivity (Wildman–Crippen MR) is 87.5 cm³/mol. The minimum Gasteiger partial charge on any atom is -0.493 e. The molecule has 2 rings (SSSR count). The topological polar surface area (TPSA) is 68.3 Å². The van der Waals surface area contributed by atoms with E-state index in [-0.39, 0.29) is 6.04 Å². The molecule has 2 unspecified atom stereocenters. The van der Waals surface area contributed by atoms with Crippen LogP contribution in [0.5, 0.6) is 5.75 Å². The van der Waals surface area contributed by atoms with Crippen molar-refractivity contribution in [3.05, 3.63) is 11.9 Å². The lowest BCUT2D eigenvalue weighted by Crippen LogP contribution is -2.38. The molecule has 0 amide bonds. The van der Waals surface area contributed by atoms with Crippen LogP contribution in [-0.4, -0.2) is 53.4 Å². The first kappa shape index (κ1) is 16.6. The Morgan fingerprint density at radius 1 is 1.57 bits per heavy atom. The van der Waals surface area contributed by atoms with Crippen LogP contribution in [0.25, 0.3) is 0 Å². The van der Waals surface area contributed by atoms with Crippen LogP contribution >= 0.6 is 11.8 Å². The molecule has 1 aliphatic heterocycles. The lowest BCUT2D eigenvalue weighted by atomic mass is 10.0. The third-order valence-corrected chi connectivity index (χ3v) is 5.35. The zero-order valence-electron chi connectivity index (χ0n) is 13.2. The van der Waals surface area contributed by atoms with E-state index in [1.807, 2.05) is 16.4 Å². The number of hydrazine groups is 1. The summed E-state index contributed by atoms with van der Waals surface area (Å²) in [7, 11) is 5.82. The zero-order chi connectivity index (χ0) is 15.2. The number of nitrogens with two attached hydrogens (primary N) is 1. The summed E-state index contributed by atoms with van der Waals surface area (Å²) in [6.45, 7) is 1.77. The van der Waals surface area contributed by atoms with Gasteiger partial charge in [0.25, 0.3) is 0 Å². The maximum Gasteiger partial charge on any atom is 0.161 e. The second kappa shape index (κ2) is 8.03. The van der Waals surface area contributed by atoms with E-state index >= 15 is 0 Å². The maximum absolute atomic E-state index is 5.87. The highest BCUT2D eigenvalue weighted by atomic mass is 32.2. The van der Waals surface area contributed by atoms with E-state index in [2.05, 4.69) is 29.5 Å². The van der Waals surface area contributed by atoms with E-state index in [1.54, 1.807) is 13.3 Å². The molecule has 2 atom stereocenters. The van der Waals surface area contributed by atoms with Crippen molar-refractivity contribution < 1.29 is 4.74 Å². The molecule has 1 aromatic rings. The smallest absolute Gasteiger partial charge is 0.161 e. The second-order valence-electron chi connectivity index (χ2n) is 5.67. The van der Waals surface area contributed by atoms with Crippen LogP contribution in [0.3, 0.4) is 0 Å². The molecule has 0 spiro atoms. The zero-order valence-corrected chi connectivity index (χ0v) is 14.0. The highest BCUT2D eigenvalue weighted by molar-refractivity contribution is 8.00. The molecular formula is C14H27N5OS. The summed E-state index contributed by atoms with van der Waals surface area (Å²) in [5.74, 6) is 7.90. The van der Waals surface area contributed by atoms with Crippen LogP contribution in [0.4, 0.5) is 0 Å². The summed E-state index contributed by atoms with van der Waals surface area (Å²) in [6.07, 6.45) is 5.55. The van der Waals surface area contributed by atoms with Gasteiger partial charge in [-0.3, -0.25) is 16.0 Å². The molecule has 21 heavy (non-hydrogen) atoms. The number of methoxy groups -OCH3 is 1. The molecule has 0 aliphatic carbocycles. The number of hydrogen-bond acceptors (Lipinski definition) is 6. The monoisotopic (exact) mass is 313 g/mol. The van der Waals surface area contributed by atoms with Crippen LogP contribution in [0, 0.1) is 0 Å². The Morgan fingerprint density at radius 2 is 2.38 bits per heavy atom. The number of hydrogen-bond donors (Lipinski definition) is 2. The minimum absolute atomic E-state index is 0.0786. The van der Waals surface area contributed by atoms with Crippen molar-refractivity contribution in [1.82, 2.24) is 20.1 Å². The molecule has 0 bridgehead atoms. The third-order valence-electron chi connectivity index (χ3n) is 3.88. The van der Waals surface area contributed by atoms with Gasteiger partial charge in [-0.15, -0.1) is 0 Å². The van der Waals surface area contributed by atoms with Gasteiger partial charge in [-0.2, -0.15) is 16.9 Å². The van der Waals surface area contributed by atoms with E-state index in [1.165, 1.54) is 25.0 Å². The highest BCUT2D eigenvalue weighted by Gasteiger charge is 2.30. The van der Waals surface area contributed by atoms with Gasteiger partial charge in [-0.25, -0.2) is 0 Å². The maximum atomic E-state index is 5.87. The molecule has 1 aliphatic rings. The quantitative estimate of drug-likeness (QED) is 0.583. The van der Waals surface area contributed by atoms with E-state index in [0.717, 1.165) is 24.5 Å². The molecule has 1 saturated heterocycles. The van der Waals surface area contributed by atoms with Gasteiger partial charge in [0.1, 0.15) is 0 Å². The van der Waals surface area contributed by atoms with Crippen LogP contribution in [0.15, 0.2) is 6.20 Å². The third kappa shape index (κ3) is 4.12. The largest absolute Gasteiger partial charge is 0.493 e. The molecule has 120 valence electrons. The summed E-state index contributed by atoms with van der Waals surface area (Å²) in [4.78, 5) is 2.15. The van der Waals surface area contributed by atoms with Gasteiger partial charge in [0.15, 0.2) is 5.75 Å². The summed E-state index contributed by atoms with van der Waals surface area (Å²) >= 11 is 2.00. The van der Waals surface area contributed by atoms with Gasteiger partial charge in [0.05, 0.1) is 31.6 Å². The number of rotatable bonds is 7. The Morgan fingerprint density at radius 3 is 2.95 bits per heavy atom. The molecule has 2 heterocycles. The number of likely N-dealkylation sites (N-methyl/N-ethyl adjacent to an activating group) is 1. The van der Waals surface area contributed by atoms with Crippen LogP contribution in [0.1, 0.15) is 31.0 Å². The Kier molecular flexibility index (Phi) is 6.35. The highest BCUT2D eigenvalue weighted by Crippen LogP contribution is 2.37. The van der Waals surface area contributed by atoms with Crippen LogP contribution in [-0.2, 0) is 6.54 Å². The fraction of sp³-hybridized carbons (Fsp3) is 0.786. The molecule has 3 N–H and O–H groups in total. The molecule has 1 fully saturated rings. The normalized spacial score (nSPS) is 20.7. The Bertz CT molecular complexity index is 431. The van der Waals surface area contributed by atoms with Crippen LogP contribution in [0.2, 0.25) is 0 Å². The Balaban J connectivity index is 2.22. The Hall–Kier alpha value is -0.760. The van der Waals surface area contributed by atoms with Crippen molar-refractivity contribution in [1.29, 1.82) is 0 Å². The molecule has 6 nitrogen and oxygen atoms in total. The Labute approximate surface area is 131 Å². The van der Waals surface area contributed by atoms with Crippen molar-refractivity contribution in [2.24, 2.45) is 5.84 Å². The summed E-state index contributed by atoms with van der Waals surface area (Å²) in [6, 6.07) is 0.0786. The first-order valence-electron chi connectivity index (χ1n) is 7.49. The van der Waals surface area contributed by atoms with Crippen molar-refractivity contribution in [2.75, 3.05) is 33.5 Å².